The van der Waals surface area contributed by atoms with Gasteiger partial charge in [0.25, 0.3) is 0 Å². The number of benzene rings is 1. The first kappa shape index (κ1) is 23.9. The van der Waals surface area contributed by atoms with Gasteiger partial charge >= 0.3 is 5.97 Å². The van der Waals surface area contributed by atoms with Crippen LogP contribution >= 0.6 is 0 Å². The van der Waals surface area contributed by atoms with E-state index in [1.54, 1.807) is 11.8 Å². The largest absolute Gasteiger partial charge is 0.464 e. The molecule has 166 valence electrons. The number of aliphatic hydroxyl groups is 1. The van der Waals surface area contributed by atoms with Gasteiger partial charge in [-0.15, -0.1) is 0 Å². The maximum Gasteiger partial charge on any atom is 0.337 e. The van der Waals surface area contributed by atoms with Gasteiger partial charge in [-0.2, -0.15) is 0 Å². The highest BCUT2D eigenvalue weighted by Crippen LogP contribution is 2.24. The summed E-state index contributed by atoms with van der Waals surface area (Å²) in [7, 11) is 0. The number of ether oxygens (including phenoxy) is 1. The number of hydrogen-bond donors (Lipinski definition) is 1. The summed E-state index contributed by atoms with van der Waals surface area (Å²) in [5, 5.41) is 10.3. The zero-order valence-corrected chi connectivity index (χ0v) is 18.5. The van der Waals surface area contributed by atoms with Crippen LogP contribution in [0, 0.1) is 0 Å². The Balaban J connectivity index is 1.98. The van der Waals surface area contributed by atoms with Crippen molar-refractivity contribution in [1.82, 2.24) is 9.80 Å². The lowest BCUT2D eigenvalue weighted by Gasteiger charge is -2.36. The molecule has 2 rings (SSSR count). The van der Waals surface area contributed by atoms with Crippen LogP contribution < -0.4 is 0 Å². The number of nitrogens with zero attached hydrogens (tertiary/aromatic N) is 2. The number of hydrogen-bond acceptors (Lipinski definition) is 5. The summed E-state index contributed by atoms with van der Waals surface area (Å²) in [4.78, 5) is 40.9. The molecule has 0 saturated carbocycles. The van der Waals surface area contributed by atoms with E-state index >= 15 is 0 Å². The molecule has 2 unspecified atom stereocenters. The van der Waals surface area contributed by atoms with Gasteiger partial charge in [-0.1, -0.05) is 30.3 Å². The minimum absolute atomic E-state index is 0.0479. The standard InChI is InChI=1S/C23H34N2O5/c1-5-30-22(29)21(28)18-12-9-15-24(18)19(26)13-14-20(27)25(23(2,3)4)16-17-10-7-6-8-11-17/h6-8,10-11,18,21,28H,5,9,12-16H2,1-4H3. The van der Waals surface area contributed by atoms with E-state index in [-0.39, 0.29) is 36.8 Å². The van der Waals surface area contributed by atoms with Crippen molar-refractivity contribution in [2.45, 2.75) is 77.6 Å². The molecule has 1 aromatic carbocycles. The molecule has 7 nitrogen and oxygen atoms in total. The zero-order chi connectivity index (χ0) is 22.3. The Bertz CT molecular complexity index is 729. The van der Waals surface area contributed by atoms with Crippen LogP contribution in [0.4, 0.5) is 0 Å². The number of aliphatic hydroxyl groups excluding tert-OH is 1. The summed E-state index contributed by atoms with van der Waals surface area (Å²) in [6.07, 6.45) is 0.0368. The van der Waals surface area contributed by atoms with E-state index in [4.69, 9.17) is 4.74 Å². The smallest absolute Gasteiger partial charge is 0.337 e. The van der Waals surface area contributed by atoms with Crippen molar-refractivity contribution >= 4 is 17.8 Å². The van der Waals surface area contributed by atoms with E-state index in [2.05, 4.69) is 0 Å². The molecule has 0 bridgehead atoms. The highest BCUT2D eigenvalue weighted by Gasteiger charge is 2.38. The number of carbonyl (C=O) groups excluding carboxylic acids is 3. The molecule has 0 radical (unpaired) electrons. The van der Waals surface area contributed by atoms with Crippen LogP contribution in [0.25, 0.3) is 0 Å². The van der Waals surface area contributed by atoms with Gasteiger partial charge in [0, 0.05) is 31.5 Å². The summed E-state index contributed by atoms with van der Waals surface area (Å²) >= 11 is 0. The molecule has 2 atom stereocenters. The Morgan fingerprint density at radius 3 is 2.47 bits per heavy atom. The molecule has 1 aliphatic rings. The minimum atomic E-state index is -1.35. The summed E-state index contributed by atoms with van der Waals surface area (Å²) in [6.45, 7) is 8.72. The molecular weight excluding hydrogens is 384 g/mol. The molecule has 2 amide bonds. The molecular formula is C23H34N2O5. The van der Waals surface area contributed by atoms with Gasteiger partial charge in [-0.3, -0.25) is 9.59 Å². The SMILES string of the molecule is CCOC(=O)C(O)C1CCCN1C(=O)CCC(=O)N(Cc1ccccc1)C(C)(C)C. The predicted octanol–water partition coefficient (Wildman–Crippen LogP) is 2.51. The van der Waals surface area contributed by atoms with Crippen LogP contribution in [0.2, 0.25) is 0 Å². The molecule has 7 heteroatoms. The van der Waals surface area contributed by atoms with Crippen molar-refractivity contribution in [3.63, 3.8) is 0 Å². The highest BCUT2D eigenvalue weighted by atomic mass is 16.5. The topological polar surface area (TPSA) is 87.1 Å². The molecule has 1 fully saturated rings. The molecule has 1 heterocycles. The molecule has 1 N–H and O–H groups in total. The summed E-state index contributed by atoms with van der Waals surface area (Å²) in [6, 6.07) is 9.17. The van der Waals surface area contributed by atoms with Crippen molar-refractivity contribution in [1.29, 1.82) is 0 Å². The first-order valence-corrected chi connectivity index (χ1v) is 10.6. The maximum atomic E-state index is 13.0. The number of likely N-dealkylation sites (tertiary alicyclic amines) is 1. The normalized spacial score (nSPS) is 17.5. The van der Waals surface area contributed by atoms with Crippen LogP contribution in [-0.2, 0) is 25.7 Å². The van der Waals surface area contributed by atoms with Gasteiger partial charge < -0.3 is 19.6 Å². The average molecular weight is 419 g/mol. The molecule has 0 spiro atoms. The Kier molecular flexibility index (Phi) is 8.41. The molecule has 1 aromatic rings. The number of rotatable bonds is 8. The van der Waals surface area contributed by atoms with Gasteiger partial charge in [0.05, 0.1) is 12.6 Å². The lowest BCUT2D eigenvalue weighted by Crippen LogP contribution is -2.48. The maximum absolute atomic E-state index is 13.0. The van der Waals surface area contributed by atoms with E-state index in [9.17, 15) is 19.5 Å². The van der Waals surface area contributed by atoms with E-state index in [0.29, 0.717) is 25.9 Å². The first-order chi connectivity index (χ1) is 14.1. The van der Waals surface area contributed by atoms with E-state index in [1.807, 2.05) is 51.1 Å². The number of amides is 2. The Morgan fingerprint density at radius 2 is 1.87 bits per heavy atom. The predicted molar refractivity (Wildman–Crippen MR) is 113 cm³/mol. The van der Waals surface area contributed by atoms with E-state index < -0.39 is 18.1 Å². The third-order valence-electron chi connectivity index (χ3n) is 5.36. The third kappa shape index (κ3) is 6.29. The van der Waals surface area contributed by atoms with Crippen molar-refractivity contribution in [3.05, 3.63) is 35.9 Å². The van der Waals surface area contributed by atoms with Crippen LogP contribution in [0.1, 0.15) is 58.9 Å². The lowest BCUT2D eigenvalue weighted by molar-refractivity contribution is -0.158. The molecule has 0 aliphatic carbocycles. The van der Waals surface area contributed by atoms with Crippen LogP contribution in [0.3, 0.4) is 0 Å². The lowest BCUT2D eigenvalue weighted by atomic mass is 10.0. The highest BCUT2D eigenvalue weighted by molar-refractivity contribution is 5.85. The fraction of sp³-hybridized carbons (Fsp3) is 0.609. The van der Waals surface area contributed by atoms with Crippen LogP contribution in [0.5, 0.6) is 0 Å². The number of carbonyl (C=O) groups is 3. The Labute approximate surface area is 179 Å². The third-order valence-corrected chi connectivity index (χ3v) is 5.36. The summed E-state index contributed by atoms with van der Waals surface area (Å²) < 4.78 is 4.88. The molecule has 0 aromatic heterocycles. The molecule has 1 saturated heterocycles. The van der Waals surface area contributed by atoms with Crippen LogP contribution in [-0.4, -0.2) is 63.5 Å². The van der Waals surface area contributed by atoms with Gasteiger partial charge in [0.1, 0.15) is 0 Å². The second-order valence-electron chi connectivity index (χ2n) is 8.63. The van der Waals surface area contributed by atoms with Crippen molar-refractivity contribution in [2.24, 2.45) is 0 Å². The summed E-state index contributed by atoms with van der Waals surface area (Å²) in [5.41, 5.74) is 0.649. The first-order valence-electron chi connectivity index (χ1n) is 10.6. The molecule has 30 heavy (non-hydrogen) atoms. The second kappa shape index (κ2) is 10.6. The van der Waals surface area contributed by atoms with Gasteiger partial charge in [-0.05, 0) is 46.1 Å². The van der Waals surface area contributed by atoms with Crippen LogP contribution in [0.15, 0.2) is 30.3 Å². The van der Waals surface area contributed by atoms with E-state index in [1.165, 1.54) is 4.90 Å². The zero-order valence-electron chi connectivity index (χ0n) is 18.5. The average Bonchev–Trinajstić information content (AvgIpc) is 3.19. The molecule has 1 aliphatic heterocycles. The summed E-state index contributed by atoms with van der Waals surface area (Å²) in [5.74, 6) is -1.02. The van der Waals surface area contributed by atoms with Gasteiger partial charge in [0.2, 0.25) is 11.8 Å². The Morgan fingerprint density at radius 1 is 1.20 bits per heavy atom. The van der Waals surface area contributed by atoms with Crippen molar-refractivity contribution < 1.29 is 24.2 Å². The van der Waals surface area contributed by atoms with Gasteiger partial charge in [-0.25, -0.2) is 4.79 Å². The van der Waals surface area contributed by atoms with Crippen molar-refractivity contribution in [2.75, 3.05) is 13.2 Å². The fourth-order valence-corrected chi connectivity index (χ4v) is 3.77. The Hall–Kier alpha value is -2.41. The number of esters is 1. The van der Waals surface area contributed by atoms with Crippen molar-refractivity contribution in [3.8, 4) is 0 Å². The van der Waals surface area contributed by atoms with E-state index in [0.717, 1.165) is 5.56 Å². The second-order valence-corrected chi connectivity index (χ2v) is 8.63. The van der Waals surface area contributed by atoms with Gasteiger partial charge in [0.15, 0.2) is 6.10 Å². The fourth-order valence-electron chi connectivity index (χ4n) is 3.77. The quantitative estimate of drug-likeness (QED) is 0.656. The monoisotopic (exact) mass is 418 g/mol. The minimum Gasteiger partial charge on any atom is -0.464 e.